The molecule has 23 fully saturated rings. The number of carbonyl (C=O) groups excluding carboxylic acids is 19. The van der Waals surface area contributed by atoms with Crippen LogP contribution < -0.4 is 0 Å². The number of ether oxygens (including phenoxy) is 21. The van der Waals surface area contributed by atoms with Gasteiger partial charge in [-0.05, 0) is 230 Å². The van der Waals surface area contributed by atoms with Gasteiger partial charge in [0.2, 0.25) is 0 Å². The maximum absolute atomic E-state index is 13.9. The summed E-state index contributed by atoms with van der Waals surface area (Å²) in [5.74, 6) is -10.4. The summed E-state index contributed by atoms with van der Waals surface area (Å²) < 4.78 is 114. The van der Waals surface area contributed by atoms with Crippen LogP contribution in [0.25, 0.3) is 0 Å². The second-order valence-electron chi connectivity index (χ2n) is 47.7. The van der Waals surface area contributed by atoms with E-state index in [0.717, 1.165) is 74.5 Å². The van der Waals surface area contributed by atoms with Gasteiger partial charge in [-0.1, -0.05) is 62.3 Å². The van der Waals surface area contributed by atoms with Gasteiger partial charge >= 0.3 is 113 Å². The molecule has 0 radical (unpaired) electrons. The van der Waals surface area contributed by atoms with E-state index < -0.39 is 265 Å². The first-order valence-electron chi connectivity index (χ1n) is 54.0. The minimum atomic E-state index is -0.933. The van der Waals surface area contributed by atoms with E-state index in [0.29, 0.717) is 87.4 Å². The fraction of sp³-hybridized carbons (Fsp3) is 0.824. The molecule has 40 nitrogen and oxygen atoms in total. The molecule has 18 bridgehead atoms. The van der Waals surface area contributed by atoms with Gasteiger partial charge < -0.3 is 99.5 Å². The van der Waals surface area contributed by atoms with Crippen molar-refractivity contribution in [1.82, 2.24) is 0 Å². The first-order chi connectivity index (χ1) is 70.3. The summed E-state index contributed by atoms with van der Waals surface area (Å²) in [5.41, 5.74) is -2.90. The van der Waals surface area contributed by atoms with Crippen molar-refractivity contribution >= 4 is 113 Å². The van der Waals surface area contributed by atoms with Crippen LogP contribution in [0.1, 0.15) is 239 Å². The monoisotopic (exact) mass is 2080 g/mol. The molecule has 816 valence electrons. The Kier molecular flexibility index (Phi) is 30.2. The lowest BCUT2D eigenvalue weighted by Crippen LogP contribution is -2.60. The molecule has 9 saturated heterocycles. The highest BCUT2D eigenvalue weighted by atomic mass is 16.7. The number of carbonyl (C=O) groups is 19. The number of fused-ring (bicyclic) bond motifs is 14. The zero-order valence-corrected chi connectivity index (χ0v) is 87.4. The van der Waals surface area contributed by atoms with Crippen molar-refractivity contribution in [3.05, 3.63) is 0 Å². The summed E-state index contributed by atoms with van der Waals surface area (Å²) >= 11 is 0. The Morgan fingerprint density at radius 1 is 0.351 bits per heavy atom. The van der Waals surface area contributed by atoms with Gasteiger partial charge in [-0.25, -0.2) is 24.0 Å². The fourth-order valence-electron chi connectivity index (χ4n) is 30.6. The molecule has 0 aromatic carbocycles. The van der Waals surface area contributed by atoms with Crippen LogP contribution in [0.3, 0.4) is 0 Å². The first kappa shape index (κ1) is 108. The van der Waals surface area contributed by atoms with Crippen LogP contribution in [0, 0.1) is 176 Å². The number of esters is 19. The molecule has 23 rings (SSSR count). The second-order valence-corrected chi connectivity index (χ2v) is 47.7. The van der Waals surface area contributed by atoms with Crippen molar-refractivity contribution in [2.75, 3.05) is 47.3 Å². The van der Waals surface area contributed by atoms with E-state index >= 15 is 0 Å². The number of rotatable bonds is 33. The molecule has 9 heterocycles. The van der Waals surface area contributed by atoms with Crippen LogP contribution in [0.4, 0.5) is 0 Å². The number of hydrogen-bond donors (Lipinski definition) is 0. The van der Waals surface area contributed by atoms with Gasteiger partial charge in [-0.15, -0.1) is 0 Å². The highest BCUT2D eigenvalue weighted by Gasteiger charge is 2.77. The summed E-state index contributed by atoms with van der Waals surface area (Å²) in [7, 11) is 2.48. The van der Waals surface area contributed by atoms with E-state index in [1.165, 1.54) is 46.3 Å². The van der Waals surface area contributed by atoms with Crippen molar-refractivity contribution in [2.45, 2.75) is 335 Å². The summed E-state index contributed by atoms with van der Waals surface area (Å²) in [6, 6.07) is 0. The normalized spacial score (nSPS) is 41.1. The first-order valence-corrected chi connectivity index (χ1v) is 54.0. The molecule has 14 saturated carbocycles. The molecule has 38 atom stereocenters. The maximum atomic E-state index is 13.9. The van der Waals surface area contributed by atoms with Gasteiger partial charge in [0.05, 0.1) is 89.8 Å². The third kappa shape index (κ3) is 18.9. The van der Waals surface area contributed by atoms with Gasteiger partial charge in [-0.3, -0.25) is 67.1 Å². The largest absolute Gasteiger partial charge is 0.469 e. The predicted octanol–water partition coefficient (Wildman–Crippen LogP) is 8.57. The second kappa shape index (κ2) is 41.4. The van der Waals surface area contributed by atoms with Crippen molar-refractivity contribution in [2.24, 2.45) is 176 Å². The Balaban J connectivity index is 0.000000123. The lowest BCUT2D eigenvalue weighted by atomic mass is 9.49. The molecular formula is C108H144O40. The Morgan fingerprint density at radius 3 is 1.15 bits per heavy atom. The van der Waals surface area contributed by atoms with Crippen molar-refractivity contribution < 1.29 is 191 Å². The van der Waals surface area contributed by atoms with Crippen LogP contribution in [0.15, 0.2) is 0 Å². The highest BCUT2D eigenvalue weighted by Crippen LogP contribution is 2.72. The minimum Gasteiger partial charge on any atom is -0.469 e. The predicted molar refractivity (Wildman–Crippen MR) is 496 cm³/mol. The van der Waals surface area contributed by atoms with E-state index in [4.69, 9.17) is 99.5 Å². The molecule has 0 N–H and O–H groups in total. The molecule has 14 aliphatic carbocycles. The summed E-state index contributed by atoms with van der Waals surface area (Å²) in [4.78, 5) is 234. The quantitative estimate of drug-likeness (QED) is 0.0337. The summed E-state index contributed by atoms with van der Waals surface area (Å²) in [6.07, 6.45) is 10.3. The molecule has 38 unspecified atom stereocenters. The molecule has 0 aromatic heterocycles. The fourth-order valence-corrected chi connectivity index (χ4v) is 30.6. The molecule has 0 spiro atoms. The zero-order chi connectivity index (χ0) is 106. The molecular weight excluding hydrogens is 1940 g/mol. The van der Waals surface area contributed by atoms with E-state index in [1.54, 1.807) is 55.4 Å². The molecule has 23 aliphatic rings. The van der Waals surface area contributed by atoms with Crippen LogP contribution in [0.2, 0.25) is 0 Å². The lowest BCUT2D eigenvalue weighted by molar-refractivity contribution is -0.218. The summed E-state index contributed by atoms with van der Waals surface area (Å²) in [6.45, 7) is 25.0. The Morgan fingerprint density at radius 2 is 0.730 bits per heavy atom. The van der Waals surface area contributed by atoms with Gasteiger partial charge in [0.15, 0.2) is 57.5 Å². The zero-order valence-electron chi connectivity index (χ0n) is 87.4. The standard InChI is InChI=1S/C30H40O8.C28H38O8.C18H24O8.C17H22O9.C15H20O7/c1-4-13(3)27(32)35-12-20(31)36-25-18-10-17-23(28(33)37-26(17)25)24(18)29(34)38-30(5-2)11-16-9-19(30)22-15-7-6-14(8-15)21(16)22;1-4-13(3)25(30)33-12-20(29)34-23-19-11-18-21(26(31)35-24(18)23)22(19)27(32)36-28(5-2)16-7-14-6-15(9-16)10-17(28)8-14;1-5-18(2,3)17(22)24-7-10(19)25-13-8-6-9-12(11(8)15(20)23-4)16(21)26-14(9)13;1-5-17(2,3)16(21)23-6-7(18)24-12-10-8(14(19)22-4)9-11(25-10)13(12)26-15(9)20;1-4-15(2,3)14(18)19-6-9(16)21-11-8-5-7-10(20-8)12(11)22-13(7)17/h13-19,21-26H,4-12H2,1-3H3;13-19,21-24H,4-12H2,1-3H3;8-9,11-14H,5-7H2,1-4H3;8-13H,5-6H2,1-4H3;7-8,10-12H,4-6H2,1-3H3. The summed E-state index contributed by atoms with van der Waals surface area (Å²) in [5, 5.41) is 0. The number of methoxy groups -OCH3 is 2. The van der Waals surface area contributed by atoms with Crippen molar-refractivity contribution in [1.29, 1.82) is 0 Å². The van der Waals surface area contributed by atoms with E-state index in [9.17, 15) is 91.1 Å². The third-order valence-corrected chi connectivity index (χ3v) is 39.3. The Hall–Kier alpha value is -10.1. The maximum Gasteiger partial charge on any atom is 0.344 e. The Labute approximate surface area is 858 Å². The van der Waals surface area contributed by atoms with Crippen LogP contribution in [0.5, 0.6) is 0 Å². The molecule has 9 aliphatic heterocycles. The minimum absolute atomic E-state index is 0.141. The van der Waals surface area contributed by atoms with Crippen LogP contribution in [-0.4, -0.2) is 257 Å². The van der Waals surface area contributed by atoms with E-state index in [2.05, 4.69) is 13.8 Å². The average molecular weight is 2080 g/mol. The van der Waals surface area contributed by atoms with Crippen LogP contribution in [-0.2, 0) is 191 Å². The van der Waals surface area contributed by atoms with Crippen molar-refractivity contribution in [3.8, 4) is 0 Å². The topological polar surface area (TPSA) is 518 Å². The molecule has 148 heavy (non-hydrogen) atoms. The molecule has 0 aromatic rings. The van der Waals surface area contributed by atoms with Crippen LogP contribution >= 0.6 is 0 Å². The number of hydrogen-bond acceptors (Lipinski definition) is 40. The average Bonchev–Trinajstić information content (AvgIpc) is 1.58. The van der Waals surface area contributed by atoms with E-state index in [-0.39, 0.29) is 95.3 Å². The SMILES string of the molecule is CCC(C)(C)C(=O)OCC(=O)OC1C2CC3C(=O)OC1C3O2.CCC(C)(C)C(=O)OCC(=O)OC1C2CC3C1OC(=O)C3C2C(=O)OC.CCC(C)(C)C(=O)OCC(=O)OC1C2OC(=O)C3C2OC1C3C(=O)OC.CCC(C)C(=O)OCC(=O)OC1C2CC3C1OC(=O)C3C2C(=O)OC1(CC)C2CC3CC(C2)CC1C3.CCC(C)C(=O)OCC(=O)OC1C2CC3C1OC(=O)C3C2C(=O)OC1(CC)CC2CC1C1C3CCC(C3)C21. The highest BCUT2D eigenvalue weighted by molar-refractivity contribution is 5.91. The van der Waals surface area contributed by atoms with Crippen molar-refractivity contribution in [3.63, 3.8) is 0 Å². The Bertz CT molecular complexity index is 5100. The van der Waals surface area contributed by atoms with Gasteiger partial charge in [0.1, 0.15) is 78.0 Å². The third-order valence-electron chi connectivity index (χ3n) is 39.3. The van der Waals surface area contributed by atoms with Gasteiger partial charge in [0, 0.05) is 41.4 Å². The lowest BCUT2D eigenvalue weighted by Gasteiger charge is -2.60. The smallest absolute Gasteiger partial charge is 0.344 e. The van der Waals surface area contributed by atoms with Gasteiger partial charge in [0.25, 0.3) is 0 Å². The van der Waals surface area contributed by atoms with Gasteiger partial charge in [-0.2, -0.15) is 0 Å². The molecule has 0 amide bonds. The van der Waals surface area contributed by atoms with E-state index in [1.807, 2.05) is 34.6 Å². The molecule has 40 heteroatoms.